The topological polar surface area (TPSA) is 105 Å². The van der Waals surface area contributed by atoms with Crippen LogP contribution in [0.15, 0.2) is 60.8 Å². The van der Waals surface area contributed by atoms with Crippen molar-refractivity contribution >= 4 is 17.6 Å². The number of hydrogen-bond acceptors (Lipinski definition) is 6. The summed E-state index contributed by atoms with van der Waals surface area (Å²) in [4.78, 5) is 30.0. The minimum Gasteiger partial charge on any atom is -0.490 e. The largest absolute Gasteiger partial charge is 0.490 e. The van der Waals surface area contributed by atoms with Crippen LogP contribution in [0.2, 0.25) is 0 Å². The summed E-state index contributed by atoms with van der Waals surface area (Å²) in [6.07, 6.45) is -3.11. The van der Waals surface area contributed by atoms with Crippen LogP contribution >= 0.6 is 0 Å². The maximum Gasteiger partial charge on any atom is 0.416 e. The van der Waals surface area contributed by atoms with Crippen molar-refractivity contribution in [3.63, 3.8) is 0 Å². The highest BCUT2D eigenvalue weighted by Gasteiger charge is 2.31. The number of carbonyl (C=O) groups excluding carboxylic acids is 2. The summed E-state index contributed by atoms with van der Waals surface area (Å²) >= 11 is 0. The van der Waals surface area contributed by atoms with Crippen LogP contribution in [0.4, 0.5) is 23.7 Å². The SMILES string of the molecule is CNC(=O)c1cc(Oc2ccc(CNC(=O)Nc3cc(C(F)(F)F)ccc3OCCN(C)C)cc2)ccn1. The molecule has 38 heavy (non-hydrogen) atoms. The van der Waals surface area contributed by atoms with E-state index in [-0.39, 0.29) is 36.2 Å². The molecule has 3 amide bonds. The predicted octanol–water partition coefficient (Wildman–Crippen LogP) is 4.51. The molecule has 12 heteroatoms. The first-order chi connectivity index (χ1) is 18.0. The van der Waals surface area contributed by atoms with Gasteiger partial charge in [0.1, 0.15) is 29.5 Å². The van der Waals surface area contributed by atoms with E-state index in [9.17, 15) is 22.8 Å². The fourth-order valence-corrected chi connectivity index (χ4v) is 3.16. The number of halogens is 3. The molecule has 0 saturated carbocycles. The van der Waals surface area contributed by atoms with E-state index in [0.29, 0.717) is 18.0 Å². The highest BCUT2D eigenvalue weighted by Crippen LogP contribution is 2.35. The van der Waals surface area contributed by atoms with Crippen molar-refractivity contribution in [1.82, 2.24) is 20.5 Å². The Morgan fingerprint density at radius 3 is 2.39 bits per heavy atom. The number of ether oxygens (including phenoxy) is 2. The first kappa shape index (κ1) is 28.3. The van der Waals surface area contributed by atoms with Crippen molar-refractivity contribution in [1.29, 1.82) is 0 Å². The highest BCUT2D eigenvalue weighted by molar-refractivity contribution is 5.92. The average Bonchev–Trinajstić information content (AvgIpc) is 2.88. The quantitative estimate of drug-likeness (QED) is 0.356. The smallest absolute Gasteiger partial charge is 0.416 e. The van der Waals surface area contributed by atoms with Crippen LogP contribution in [0.25, 0.3) is 0 Å². The Balaban J connectivity index is 1.60. The number of alkyl halides is 3. The lowest BCUT2D eigenvalue weighted by atomic mass is 10.1. The van der Waals surface area contributed by atoms with Crippen molar-refractivity contribution in [2.75, 3.05) is 39.6 Å². The molecule has 0 unspecified atom stereocenters. The molecule has 0 spiro atoms. The number of nitrogens with zero attached hydrogens (tertiary/aromatic N) is 2. The van der Waals surface area contributed by atoms with Crippen molar-refractivity contribution < 1.29 is 32.2 Å². The molecular weight excluding hydrogens is 503 g/mol. The Hall–Kier alpha value is -4.32. The number of amides is 3. The van der Waals surface area contributed by atoms with Crippen LogP contribution in [0, 0.1) is 0 Å². The van der Waals surface area contributed by atoms with Crippen LogP contribution in [-0.2, 0) is 12.7 Å². The van der Waals surface area contributed by atoms with E-state index in [1.165, 1.54) is 25.4 Å². The maximum absolute atomic E-state index is 13.2. The van der Waals surface area contributed by atoms with Gasteiger partial charge in [-0.3, -0.25) is 9.78 Å². The standard InChI is InChI=1S/C26H28F3N5O4/c1-30-24(35)22-15-20(10-11-31-22)38-19-7-4-17(5-8-19)16-32-25(36)33-21-14-18(26(27,28)29)6-9-23(21)37-13-12-34(2)3/h4-11,14-15H,12-13,16H2,1-3H3,(H,30,35)(H2,32,33,36). The highest BCUT2D eigenvalue weighted by atomic mass is 19.4. The zero-order valence-electron chi connectivity index (χ0n) is 21.1. The summed E-state index contributed by atoms with van der Waals surface area (Å²) in [5.74, 6) is 0.712. The first-order valence-electron chi connectivity index (χ1n) is 11.5. The third kappa shape index (κ3) is 8.37. The predicted molar refractivity (Wildman–Crippen MR) is 135 cm³/mol. The van der Waals surface area contributed by atoms with Crippen molar-refractivity contribution in [2.45, 2.75) is 12.7 Å². The zero-order valence-corrected chi connectivity index (χ0v) is 21.1. The summed E-state index contributed by atoms with van der Waals surface area (Å²) in [5, 5.41) is 7.54. The summed E-state index contributed by atoms with van der Waals surface area (Å²) in [6, 6.07) is 12.1. The van der Waals surface area contributed by atoms with Gasteiger partial charge in [0.15, 0.2) is 0 Å². The lowest BCUT2D eigenvalue weighted by molar-refractivity contribution is -0.137. The van der Waals surface area contributed by atoms with E-state index in [0.717, 1.165) is 17.7 Å². The monoisotopic (exact) mass is 531 g/mol. The Morgan fingerprint density at radius 1 is 1.00 bits per heavy atom. The number of nitrogens with one attached hydrogen (secondary N) is 3. The van der Waals surface area contributed by atoms with Crippen molar-refractivity contribution in [3.05, 3.63) is 77.6 Å². The molecule has 3 N–H and O–H groups in total. The molecule has 0 aliphatic heterocycles. The number of anilines is 1. The fraction of sp³-hybridized carbons (Fsp3) is 0.269. The number of pyridine rings is 1. The second-order valence-electron chi connectivity index (χ2n) is 8.37. The lowest BCUT2D eigenvalue weighted by Gasteiger charge is -2.17. The molecule has 1 heterocycles. The van der Waals surface area contributed by atoms with Gasteiger partial charge in [0.05, 0.1) is 11.3 Å². The summed E-state index contributed by atoms with van der Waals surface area (Å²) < 4.78 is 50.9. The molecule has 1 aromatic heterocycles. The van der Waals surface area contributed by atoms with Gasteiger partial charge in [-0.1, -0.05) is 12.1 Å². The molecular formula is C26H28F3N5O4. The summed E-state index contributed by atoms with van der Waals surface area (Å²) in [6.45, 7) is 0.885. The van der Waals surface area contributed by atoms with Gasteiger partial charge in [-0.2, -0.15) is 13.2 Å². The fourth-order valence-electron chi connectivity index (χ4n) is 3.16. The zero-order chi connectivity index (χ0) is 27.7. The van der Waals surface area contributed by atoms with Gasteiger partial charge in [0, 0.05) is 32.4 Å². The molecule has 2 aromatic carbocycles. The van der Waals surface area contributed by atoms with E-state index in [1.807, 2.05) is 19.0 Å². The molecule has 0 bridgehead atoms. The molecule has 0 fully saturated rings. The van der Waals surface area contributed by atoms with Crippen molar-refractivity contribution in [3.8, 4) is 17.2 Å². The van der Waals surface area contributed by atoms with E-state index < -0.39 is 17.8 Å². The van der Waals surface area contributed by atoms with Crippen LogP contribution in [-0.4, -0.2) is 56.1 Å². The Bertz CT molecular complexity index is 1250. The number of benzene rings is 2. The number of urea groups is 1. The minimum absolute atomic E-state index is 0.0895. The number of aromatic nitrogens is 1. The molecule has 3 rings (SSSR count). The molecule has 9 nitrogen and oxygen atoms in total. The van der Waals surface area contributed by atoms with Crippen LogP contribution < -0.4 is 25.4 Å². The van der Waals surface area contributed by atoms with E-state index >= 15 is 0 Å². The average molecular weight is 532 g/mol. The van der Waals surface area contributed by atoms with E-state index in [1.54, 1.807) is 30.3 Å². The van der Waals surface area contributed by atoms with Gasteiger partial charge in [-0.25, -0.2) is 4.79 Å². The minimum atomic E-state index is -4.57. The van der Waals surface area contributed by atoms with Crippen LogP contribution in [0.3, 0.4) is 0 Å². The molecule has 0 aliphatic rings. The third-order valence-corrected chi connectivity index (χ3v) is 5.15. The number of rotatable bonds is 10. The van der Waals surface area contributed by atoms with Gasteiger partial charge in [-0.15, -0.1) is 0 Å². The van der Waals surface area contributed by atoms with Gasteiger partial charge in [0.2, 0.25) is 0 Å². The molecule has 0 saturated heterocycles. The normalized spacial score (nSPS) is 11.1. The van der Waals surface area contributed by atoms with Crippen LogP contribution in [0.5, 0.6) is 17.2 Å². The van der Waals surface area contributed by atoms with Gasteiger partial charge in [0.25, 0.3) is 5.91 Å². The number of carbonyl (C=O) groups is 2. The third-order valence-electron chi connectivity index (χ3n) is 5.15. The summed E-state index contributed by atoms with van der Waals surface area (Å²) in [5.41, 5.74) is -0.0584. The first-order valence-corrected chi connectivity index (χ1v) is 11.5. The number of likely N-dealkylation sites (N-methyl/N-ethyl adjacent to an activating group) is 1. The number of hydrogen-bond donors (Lipinski definition) is 3. The van der Waals surface area contributed by atoms with Gasteiger partial charge >= 0.3 is 12.2 Å². The van der Waals surface area contributed by atoms with Gasteiger partial charge < -0.3 is 30.3 Å². The lowest BCUT2D eigenvalue weighted by Crippen LogP contribution is -2.28. The maximum atomic E-state index is 13.2. The molecule has 0 aliphatic carbocycles. The van der Waals surface area contributed by atoms with E-state index in [4.69, 9.17) is 9.47 Å². The second kappa shape index (κ2) is 12.8. The van der Waals surface area contributed by atoms with Crippen molar-refractivity contribution in [2.24, 2.45) is 0 Å². The van der Waals surface area contributed by atoms with Crippen LogP contribution in [0.1, 0.15) is 21.6 Å². The Labute approximate surface area is 218 Å². The molecule has 0 atom stereocenters. The Kier molecular flexibility index (Phi) is 9.49. The molecule has 3 aromatic rings. The molecule has 0 radical (unpaired) electrons. The second-order valence-corrected chi connectivity index (χ2v) is 8.37. The van der Waals surface area contributed by atoms with Gasteiger partial charge in [-0.05, 0) is 56.1 Å². The van der Waals surface area contributed by atoms with E-state index in [2.05, 4.69) is 20.9 Å². The summed E-state index contributed by atoms with van der Waals surface area (Å²) in [7, 11) is 5.18. The molecule has 202 valence electrons. The Morgan fingerprint density at radius 2 is 1.74 bits per heavy atom.